The lowest BCUT2D eigenvalue weighted by Crippen LogP contribution is -2.27. The topological polar surface area (TPSA) is 69.0 Å². The molecule has 2 aromatic rings. The quantitative estimate of drug-likeness (QED) is 0.686. The van der Waals surface area contributed by atoms with Crippen molar-refractivity contribution in [3.05, 3.63) is 34.1 Å². The molecular weight excluding hydrogens is 383 g/mol. The largest absolute Gasteiger partial charge is 0.484 e. The van der Waals surface area contributed by atoms with Gasteiger partial charge in [-0.2, -0.15) is 0 Å². The molecule has 0 saturated heterocycles. The number of carbonyl (C=O) groups excluding carboxylic acids is 1. The molecule has 1 heterocycles. The average Bonchev–Trinajstić information content (AvgIpc) is 3.30. The van der Waals surface area contributed by atoms with E-state index in [-0.39, 0.29) is 12.5 Å². The van der Waals surface area contributed by atoms with E-state index in [9.17, 15) is 4.79 Å². The highest BCUT2D eigenvalue weighted by atomic mass is 35.5. The summed E-state index contributed by atoms with van der Waals surface area (Å²) < 4.78 is 7.65. The van der Waals surface area contributed by atoms with Gasteiger partial charge in [0.1, 0.15) is 12.4 Å². The van der Waals surface area contributed by atoms with E-state index in [2.05, 4.69) is 15.5 Å². The Morgan fingerprint density at radius 2 is 2.20 bits per heavy atom. The normalized spacial score (nSPS) is 13.7. The third-order valence-electron chi connectivity index (χ3n) is 3.64. The van der Waals surface area contributed by atoms with Gasteiger partial charge in [0.25, 0.3) is 0 Å². The molecule has 0 aliphatic heterocycles. The van der Waals surface area contributed by atoms with Gasteiger partial charge in [0, 0.05) is 17.6 Å². The Morgan fingerprint density at radius 3 is 2.88 bits per heavy atom. The van der Waals surface area contributed by atoms with Crippen molar-refractivity contribution in [1.29, 1.82) is 0 Å². The number of amides is 1. The molecule has 1 saturated carbocycles. The van der Waals surface area contributed by atoms with Crippen LogP contribution in [0.3, 0.4) is 0 Å². The summed E-state index contributed by atoms with van der Waals surface area (Å²) in [6, 6.07) is 5.43. The van der Waals surface area contributed by atoms with Crippen LogP contribution in [0.4, 0.5) is 0 Å². The summed E-state index contributed by atoms with van der Waals surface area (Å²) >= 11 is 13.4. The monoisotopic (exact) mass is 400 g/mol. The zero-order valence-electron chi connectivity index (χ0n) is 13.7. The van der Waals surface area contributed by atoms with E-state index in [1.807, 2.05) is 11.5 Å². The first-order chi connectivity index (χ1) is 12.1. The molecule has 6 nitrogen and oxygen atoms in total. The number of halogens is 2. The van der Waals surface area contributed by atoms with Crippen LogP contribution in [0.1, 0.15) is 25.6 Å². The fraction of sp³-hybridized carbons (Fsp3) is 0.438. The summed E-state index contributed by atoms with van der Waals surface area (Å²) in [6.45, 7) is 2.92. The number of hydrogen-bond donors (Lipinski definition) is 1. The minimum atomic E-state index is 0.0314. The number of carbonyl (C=O) groups is 1. The first kappa shape index (κ1) is 18.4. The maximum absolute atomic E-state index is 11.8. The minimum Gasteiger partial charge on any atom is -0.484 e. The lowest BCUT2D eigenvalue weighted by Gasteiger charge is -2.10. The first-order valence-electron chi connectivity index (χ1n) is 7.99. The van der Waals surface area contributed by atoms with Gasteiger partial charge in [0.2, 0.25) is 5.91 Å². The number of nitrogens with zero attached hydrogens (tertiary/aromatic N) is 3. The lowest BCUT2D eigenvalue weighted by atomic mass is 10.3. The van der Waals surface area contributed by atoms with Gasteiger partial charge in [0.05, 0.1) is 10.8 Å². The number of nitrogens with one attached hydrogen (secondary N) is 1. The highest BCUT2D eigenvalue weighted by Gasteiger charge is 2.23. The van der Waals surface area contributed by atoms with E-state index < -0.39 is 0 Å². The van der Waals surface area contributed by atoms with E-state index in [0.717, 1.165) is 12.8 Å². The second-order valence-electron chi connectivity index (χ2n) is 5.64. The Kier molecular flexibility index (Phi) is 6.09. The lowest BCUT2D eigenvalue weighted by molar-refractivity contribution is -0.118. The number of thioether (sulfide) groups is 1. The average molecular weight is 401 g/mol. The van der Waals surface area contributed by atoms with Crippen LogP contribution in [0.25, 0.3) is 0 Å². The van der Waals surface area contributed by atoms with Crippen LogP contribution in [0.5, 0.6) is 5.75 Å². The Hall–Kier alpha value is -1.44. The van der Waals surface area contributed by atoms with E-state index in [1.54, 1.807) is 18.2 Å². The zero-order chi connectivity index (χ0) is 17.8. The third kappa shape index (κ3) is 5.03. The predicted molar refractivity (Wildman–Crippen MR) is 98.4 cm³/mol. The van der Waals surface area contributed by atoms with Crippen molar-refractivity contribution in [2.75, 3.05) is 5.75 Å². The molecule has 0 atom stereocenters. The maximum atomic E-state index is 11.8. The van der Waals surface area contributed by atoms with Crippen LogP contribution in [0, 0.1) is 0 Å². The SMILES string of the molecule is CCn1c(COc2ccc(Cl)cc2Cl)nnc1SCC(=O)NC1CC1. The molecule has 1 fully saturated rings. The van der Waals surface area contributed by atoms with Crippen molar-refractivity contribution in [2.24, 2.45) is 0 Å². The van der Waals surface area contributed by atoms with Crippen molar-refractivity contribution >= 4 is 40.9 Å². The predicted octanol–water partition coefficient (Wildman–Crippen LogP) is 3.55. The molecule has 1 aliphatic rings. The van der Waals surface area contributed by atoms with E-state index in [0.29, 0.717) is 45.1 Å². The Bertz CT molecular complexity index is 765. The van der Waals surface area contributed by atoms with Crippen molar-refractivity contribution in [3.8, 4) is 5.75 Å². The minimum absolute atomic E-state index is 0.0314. The fourth-order valence-corrected chi connectivity index (χ4v) is 3.51. The Balaban J connectivity index is 1.59. The van der Waals surface area contributed by atoms with Crippen molar-refractivity contribution < 1.29 is 9.53 Å². The summed E-state index contributed by atoms with van der Waals surface area (Å²) in [5.41, 5.74) is 0. The molecule has 0 radical (unpaired) electrons. The van der Waals surface area contributed by atoms with Gasteiger partial charge in [-0.25, -0.2) is 0 Å². The van der Waals surface area contributed by atoms with Gasteiger partial charge >= 0.3 is 0 Å². The second kappa shape index (κ2) is 8.29. The summed E-state index contributed by atoms with van der Waals surface area (Å²) in [4.78, 5) is 11.8. The third-order valence-corrected chi connectivity index (χ3v) is 5.13. The summed E-state index contributed by atoms with van der Waals surface area (Å²) in [7, 11) is 0. The van der Waals surface area contributed by atoms with Crippen molar-refractivity contribution in [2.45, 2.75) is 44.1 Å². The van der Waals surface area contributed by atoms with Crippen LogP contribution in [-0.4, -0.2) is 32.5 Å². The van der Waals surface area contributed by atoms with Gasteiger partial charge < -0.3 is 14.6 Å². The first-order valence-corrected chi connectivity index (χ1v) is 9.73. The molecule has 1 aliphatic carbocycles. The van der Waals surface area contributed by atoms with Crippen LogP contribution < -0.4 is 10.1 Å². The highest BCUT2D eigenvalue weighted by molar-refractivity contribution is 7.99. The van der Waals surface area contributed by atoms with Crippen molar-refractivity contribution in [1.82, 2.24) is 20.1 Å². The molecular formula is C16H18Cl2N4O2S. The molecule has 9 heteroatoms. The van der Waals surface area contributed by atoms with E-state index >= 15 is 0 Å². The highest BCUT2D eigenvalue weighted by Crippen LogP contribution is 2.28. The molecule has 1 aromatic heterocycles. The second-order valence-corrected chi connectivity index (χ2v) is 7.42. The van der Waals surface area contributed by atoms with Gasteiger partial charge in [-0.1, -0.05) is 35.0 Å². The molecule has 0 unspecified atom stereocenters. The number of rotatable bonds is 8. The van der Waals surface area contributed by atoms with Gasteiger partial charge in [0.15, 0.2) is 11.0 Å². The molecule has 0 bridgehead atoms. The molecule has 25 heavy (non-hydrogen) atoms. The maximum Gasteiger partial charge on any atom is 0.230 e. The van der Waals surface area contributed by atoms with Crippen LogP contribution in [0.2, 0.25) is 10.0 Å². The Morgan fingerprint density at radius 1 is 1.40 bits per heavy atom. The van der Waals surface area contributed by atoms with Crippen LogP contribution in [0.15, 0.2) is 23.4 Å². The molecule has 1 aromatic carbocycles. The smallest absolute Gasteiger partial charge is 0.230 e. The molecule has 1 amide bonds. The molecule has 134 valence electrons. The van der Waals surface area contributed by atoms with Gasteiger partial charge in [-0.05, 0) is 38.0 Å². The van der Waals surface area contributed by atoms with E-state index in [1.165, 1.54) is 11.8 Å². The number of ether oxygens (including phenoxy) is 1. The fourth-order valence-electron chi connectivity index (χ4n) is 2.21. The number of hydrogen-bond acceptors (Lipinski definition) is 5. The van der Waals surface area contributed by atoms with Crippen molar-refractivity contribution in [3.63, 3.8) is 0 Å². The van der Waals surface area contributed by atoms with E-state index in [4.69, 9.17) is 27.9 Å². The molecule has 0 spiro atoms. The molecule has 3 rings (SSSR count). The standard InChI is InChI=1S/C16H18Cl2N4O2S/c1-2-22-14(8-24-13-6-3-10(17)7-12(13)18)20-21-16(22)25-9-15(23)19-11-4-5-11/h3,6-7,11H,2,4-5,8-9H2,1H3,(H,19,23). The zero-order valence-corrected chi connectivity index (χ0v) is 16.0. The number of benzene rings is 1. The number of aromatic nitrogens is 3. The summed E-state index contributed by atoms with van der Waals surface area (Å²) in [6.07, 6.45) is 2.16. The molecule has 1 N–H and O–H groups in total. The van der Waals surface area contributed by atoms with Gasteiger partial charge in [-0.15, -0.1) is 10.2 Å². The van der Waals surface area contributed by atoms with Gasteiger partial charge in [-0.3, -0.25) is 4.79 Å². The summed E-state index contributed by atoms with van der Waals surface area (Å²) in [5, 5.41) is 13.0. The summed E-state index contributed by atoms with van der Waals surface area (Å²) in [5.74, 6) is 1.58. The Labute approximate surface area is 160 Å². The van der Waals surface area contributed by atoms with Crippen LogP contribution in [-0.2, 0) is 17.9 Å². The van der Waals surface area contributed by atoms with Crippen LogP contribution >= 0.6 is 35.0 Å².